The molecule has 0 saturated heterocycles. The van der Waals surface area contributed by atoms with Crippen LogP contribution in [0.25, 0.3) is 5.73 Å². The molecule has 82 valence electrons. The number of hydrogen-bond donors (Lipinski definition) is 1. The summed E-state index contributed by atoms with van der Waals surface area (Å²) in [5, 5.41) is 9.48. The zero-order valence-corrected chi connectivity index (χ0v) is 12.7. The summed E-state index contributed by atoms with van der Waals surface area (Å²) in [5.74, 6) is 0. The van der Waals surface area contributed by atoms with Crippen LogP contribution in [-0.4, -0.2) is 11.7 Å². The average Bonchev–Trinajstić information content (AvgIpc) is 2.20. The van der Waals surface area contributed by atoms with Crippen molar-refractivity contribution in [2.24, 2.45) is 0 Å². The first kappa shape index (κ1) is 15.2. The molecule has 0 aliphatic heterocycles. The van der Waals surface area contributed by atoms with E-state index in [-0.39, 0.29) is 27.6 Å². The maximum atomic E-state index is 9.48. The van der Waals surface area contributed by atoms with Gasteiger partial charge in [-0.25, -0.2) is 0 Å². The molecule has 0 radical (unpaired) electrons. The van der Waals surface area contributed by atoms with Crippen molar-refractivity contribution in [3.05, 3.63) is 40.6 Å². The molecule has 0 aliphatic carbocycles. The molecule has 1 aromatic carbocycles. The van der Waals surface area contributed by atoms with Crippen molar-refractivity contribution < 1.29 is 30.7 Å². The molecule has 1 rings (SSSR count). The first-order valence-electron chi connectivity index (χ1n) is 4.42. The molecule has 1 aromatic rings. The predicted molar refractivity (Wildman–Crippen MR) is 59.8 cm³/mol. The minimum atomic E-state index is -0.696. The largest absolute Gasteiger partial charge is 2.00 e. The van der Waals surface area contributed by atoms with Gasteiger partial charge in [0, 0.05) is 9.47 Å². The Hall–Kier alpha value is 0.218. The molecule has 5 heteroatoms. The molecule has 0 saturated carbocycles. The number of benzene rings is 1. The van der Waals surface area contributed by atoms with Gasteiger partial charge in [-0.1, -0.05) is 18.2 Å². The van der Waals surface area contributed by atoms with Crippen LogP contribution < -0.4 is 0 Å². The van der Waals surface area contributed by atoms with Crippen molar-refractivity contribution in [1.29, 1.82) is 0 Å². The van der Waals surface area contributed by atoms with Gasteiger partial charge in [-0.2, -0.15) is 0 Å². The van der Waals surface area contributed by atoms with E-state index >= 15 is 0 Å². The zero-order chi connectivity index (χ0) is 10.6. The molecule has 0 spiro atoms. The Kier molecular flexibility index (Phi) is 7.59. The molecule has 0 amide bonds. The summed E-state index contributed by atoms with van der Waals surface area (Å²) in [5.41, 5.74) is 10.0. The minimum Gasteiger partial charge on any atom is -0.675 e. The van der Waals surface area contributed by atoms with E-state index in [1.807, 2.05) is 25.1 Å². The summed E-state index contributed by atoms with van der Waals surface area (Å²) in [6, 6.07) is 5.67. The van der Waals surface area contributed by atoms with E-state index in [4.69, 9.17) is 10.3 Å². The van der Waals surface area contributed by atoms with Gasteiger partial charge >= 0.3 is 21.1 Å². The Morgan fingerprint density at radius 3 is 2.73 bits per heavy atom. The molecule has 0 heterocycles. The predicted octanol–water partition coefficient (Wildman–Crippen LogP) is 2.38. The molecule has 3 nitrogen and oxygen atoms in total. The van der Waals surface area contributed by atoms with Crippen molar-refractivity contribution in [3.8, 4) is 0 Å². The SMILES string of the molecule is Cc1ccc(C(O)C[NH-])cc1COP.[W+2]. The number of aryl methyl sites for hydroxylation is 1. The topological polar surface area (TPSA) is 53.3 Å². The van der Waals surface area contributed by atoms with Gasteiger partial charge in [-0.15, -0.1) is 6.54 Å². The van der Waals surface area contributed by atoms with Crippen LogP contribution in [0.3, 0.4) is 0 Å². The summed E-state index contributed by atoms with van der Waals surface area (Å²) in [6.07, 6.45) is -0.696. The molecule has 2 N–H and O–H groups in total. The van der Waals surface area contributed by atoms with Crippen LogP contribution in [-0.2, 0) is 32.2 Å². The summed E-state index contributed by atoms with van der Waals surface area (Å²) < 4.78 is 4.97. The first-order chi connectivity index (χ1) is 6.69. The Bertz CT molecular complexity index is 309. The van der Waals surface area contributed by atoms with Crippen molar-refractivity contribution in [2.45, 2.75) is 19.6 Å². The van der Waals surface area contributed by atoms with Crippen LogP contribution in [0.2, 0.25) is 0 Å². The number of aliphatic hydroxyl groups excluding tert-OH is 1. The van der Waals surface area contributed by atoms with Crippen molar-refractivity contribution in [2.75, 3.05) is 6.54 Å². The van der Waals surface area contributed by atoms with E-state index in [1.54, 1.807) is 0 Å². The second-order valence-electron chi connectivity index (χ2n) is 3.22. The second-order valence-corrected chi connectivity index (χ2v) is 3.55. The zero-order valence-electron chi connectivity index (χ0n) is 8.56. The Balaban J connectivity index is 0.00000196. The summed E-state index contributed by atoms with van der Waals surface area (Å²) in [6.45, 7) is 2.50. The fourth-order valence-electron chi connectivity index (χ4n) is 1.26. The minimum absolute atomic E-state index is 0. The van der Waals surface area contributed by atoms with Gasteiger partial charge in [0.15, 0.2) is 0 Å². The summed E-state index contributed by atoms with van der Waals surface area (Å²) in [4.78, 5) is 0. The molecule has 2 unspecified atom stereocenters. The Morgan fingerprint density at radius 1 is 1.53 bits per heavy atom. The molecule has 2 atom stereocenters. The van der Waals surface area contributed by atoms with Crippen LogP contribution in [0.1, 0.15) is 22.8 Å². The third kappa shape index (κ3) is 4.30. The van der Waals surface area contributed by atoms with E-state index in [2.05, 4.69) is 9.47 Å². The third-order valence-electron chi connectivity index (χ3n) is 2.19. The fourth-order valence-corrected chi connectivity index (χ4v) is 1.44. The summed E-state index contributed by atoms with van der Waals surface area (Å²) >= 11 is 0. The molecular weight excluding hydrogens is 381 g/mol. The van der Waals surface area contributed by atoms with Crippen LogP contribution in [0.15, 0.2) is 18.2 Å². The van der Waals surface area contributed by atoms with Gasteiger partial charge in [0.1, 0.15) is 0 Å². The van der Waals surface area contributed by atoms with Gasteiger partial charge < -0.3 is 15.4 Å². The van der Waals surface area contributed by atoms with Crippen molar-refractivity contribution in [3.63, 3.8) is 0 Å². The van der Waals surface area contributed by atoms with Gasteiger partial charge in [-0.05, 0) is 23.6 Å². The maximum absolute atomic E-state index is 9.48. The molecule has 15 heavy (non-hydrogen) atoms. The maximum Gasteiger partial charge on any atom is 2.00 e. The molecule has 0 bridgehead atoms. The summed E-state index contributed by atoms with van der Waals surface area (Å²) in [7, 11) is 2.20. The standard InChI is InChI=1S/C10H15NO2P.W/c1-7-2-3-8(10(12)5-11)4-9(7)6-13-14;/h2-4,10-12H,5-6,14H2,1H3;/q-1;+2. The van der Waals surface area contributed by atoms with E-state index in [9.17, 15) is 5.11 Å². The van der Waals surface area contributed by atoms with Crippen LogP contribution in [0, 0.1) is 6.92 Å². The van der Waals surface area contributed by atoms with Gasteiger partial charge in [0.25, 0.3) is 0 Å². The monoisotopic (exact) mass is 396 g/mol. The smallest absolute Gasteiger partial charge is 0.675 e. The number of aliphatic hydroxyl groups is 1. The van der Waals surface area contributed by atoms with E-state index in [0.717, 1.165) is 16.7 Å². The number of rotatable bonds is 4. The molecule has 0 aliphatic rings. The second kappa shape index (κ2) is 7.48. The average molecular weight is 396 g/mol. The van der Waals surface area contributed by atoms with Crippen LogP contribution >= 0.6 is 9.47 Å². The Morgan fingerprint density at radius 2 is 2.20 bits per heavy atom. The first-order valence-corrected chi connectivity index (χ1v) is 4.90. The third-order valence-corrected chi connectivity index (χ3v) is 2.36. The fraction of sp³-hybridized carbons (Fsp3) is 0.400. The van der Waals surface area contributed by atoms with E-state index in [1.165, 1.54) is 0 Å². The van der Waals surface area contributed by atoms with Crippen LogP contribution in [0.5, 0.6) is 0 Å². The normalized spacial score (nSPS) is 12.0. The van der Waals surface area contributed by atoms with E-state index < -0.39 is 6.10 Å². The molecular formula is C10H15NO2PW+. The van der Waals surface area contributed by atoms with Crippen molar-refractivity contribution in [1.82, 2.24) is 0 Å². The molecule has 0 aromatic heterocycles. The van der Waals surface area contributed by atoms with Crippen molar-refractivity contribution >= 4 is 9.47 Å². The quantitative estimate of drug-likeness (QED) is 0.795. The van der Waals surface area contributed by atoms with Crippen LogP contribution in [0.4, 0.5) is 0 Å². The van der Waals surface area contributed by atoms with Gasteiger partial charge in [0.2, 0.25) is 0 Å². The number of nitrogens with one attached hydrogen (secondary N) is 1. The Labute approximate surface area is 107 Å². The molecule has 0 fully saturated rings. The number of hydrogen-bond acceptors (Lipinski definition) is 2. The van der Waals surface area contributed by atoms with E-state index in [0.29, 0.717) is 6.61 Å². The van der Waals surface area contributed by atoms with Gasteiger partial charge in [0.05, 0.1) is 12.7 Å². The van der Waals surface area contributed by atoms with Gasteiger partial charge in [-0.3, -0.25) is 0 Å².